The molecule has 1 amide bonds. The fraction of sp³-hybridized carbons (Fsp3) is 0.533. The van der Waals surface area contributed by atoms with E-state index < -0.39 is 0 Å². The van der Waals surface area contributed by atoms with Crippen molar-refractivity contribution >= 4 is 11.6 Å². The molecule has 116 valence electrons. The number of hydrogen-bond donors (Lipinski definition) is 3. The van der Waals surface area contributed by atoms with Crippen molar-refractivity contribution in [3.63, 3.8) is 0 Å². The minimum atomic E-state index is 0.0213. The second-order valence-electron chi connectivity index (χ2n) is 5.50. The highest BCUT2D eigenvalue weighted by atomic mass is 16.5. The number of anilines is 1. The van der Waals surface area contributed by atoms with Gasteiger partial charge in [-0.1, -0.05) is 0 Å². The summed E-state index contributed by atoms with van der Waals surface area (Å²) in [6.45, 7) is 4.82. The molecule has 6 nitrogen and oxygen atoms in total. The number of ether oxygens (including phenoxy) is 2. The summed E-state index contributed by atoms with van der Waals surface area (Å²) in [5.41, 5.74) is 0.683. The predicted molar refractivity (Wildman–Crippen MR) is 80.4 cm³/mol. The number of nitrogens with one attached hydrogen (secondary N) is 3. The van der Waals surface area contributed by atoms with Gasteiger partial charge in [-0.25, -0.2) is 0 Å². The molecular formula is C15H25N3O3+2. The molecule has 1 fully saturated rings. The first-order valence-electron chi connectivity index (χ1n) is 7.29. The predicted octanol–water partition coefficient (Wildman–Crippen LogP) is -1.94. The molecule has 0 aliphatic carbocycles. The number of carbonyl (C=O) groups excluding carboxylic acids is 1. The van der Waals surface area contributed by atoms with E-state index >= 15 is 0 Å². The zero-order chi connectivity index (χ0) is 15.2. The third-order valence-electron chi connectivity index (χ3n) is 3.90. The van der Waals surface area contributed by atoms with Crippen LogP contribution >= 0.6 is 0 Å². The van der Waals surface area contributed by atoms with Crippen LogP contribution in [-0.2, 0) is 4.79 Å². The van der Waals surface area contributed by atoms with E-state index in [2.05, 4.69) is 12.4 Å². The average Bonchev–Trinajstić information content (AvgIpc) is 2.50. The second kappa shape index (κ2) is 7.28. The van der Waals surface area contributed by atoms with Crippen molar-refractivity contribution in [2.24, 2.45) is 0 Å². The van der Waals surface area contributed by atoms with Crippen LogP contribution in [0.15, 0.2) is 18.2 Å². The molecule has 1 heterocycles. The maximum Gasteiger partial charge on any atom is 0.279 e. The van der Waals surface area contributed by atoms with Crippen molar-refractivity contribution in [2.45, 2.75) is 0 Å². The van der Waals surface area contributed by atoms with E-state index in [0.29, 0.717) is 23.7 Å². The Morgan fingerprint density at radius 2 is 1.90 bits per heavy atom. The van der Waals surface area contributed by atoms with Gasteiger partial charge in [-0.2, -0.15) is 0 Å². The molecular weight excluding hydrogens is 270 g/mol. The van der Waals surface area contributed by atoms with Gasteiger partial charge in [-0.15, -0.1) is 0 Å². The van der Waals surface area contributed by atoms with Crippen LogP contribution in [0.5, 0.6) is 11.5 Å². The Kier molecular flexibility index (Phi) is 5.41. The molecule has 0 aromatic heterocycles. The Labute approximate surface area is 125 Å². The number of benzene rings is 1. The summed E-state index contributed by atoms with van der Waals surface area (Å²) in [4.78, 5) is 15.0. The van der Waals surface area contributed by atoms with Crippen molar-refractivity contribution in [2.75, 3.05) is 59.3 Å². The number of piperazine rings is 1. The molecule has 1 aliphatic rings. The SMILES string of the molecule is COc1ccc(NC(=O)C[NH+]2CC[NH+](C)CC2)c(OC)c1. The van der Waals surface area contributed by atoms with Crippen LogP contribution in [0.3, 0.4) is 0 Å². The highest BCUT2D eigenvalue weighted by Gasteiger charge is 2.22. The Hall–Kier alpha value is -1.79. The van der Waals surface area contributed by atoms with Gasteiger partial charge in [0.15, 0.2) is 6.54 Å². The van der Waals surface area contributed by atoms with Crippen molar-refractivity contribution in [3.05, 3.63) is 18.2 Å². The maximum atomic E-state index is 12.2. The topological polar surface area (TPSA) is 56.4 Å². The van der Waals surface area contributed by atoms with Crippen LogP contribution in [0.2, 0.25) is 0 Å². The molecule has 1 aliphatic heterocycles. The van der Waals surface area contributed by atoms with E-state index in [1.165, 1.54) is 9.80 Å². The van der Waals surface area contributed by atoms with Crippen LogP contribution in [0.25, 0.3) is 0 Å². The minimum Gasteiger partial charge on any atom is -0.497 e. The van der Waals surface area contributed by atoms with Gasteiger partial charge in [0.05, 0.1) is 27.0 Å². The lowest BCUT2D eigenvalue weighted by molar-refractivity contribution is -0.999. The van der Waals surface area contributed by atoms with Crippen molar-refractivity contribution < 1.29 is 24.1 Å². The largest absolute Gasteiger partial charge is 0.497 e. The van der Waals surface area contributed by atoms with E-state index in [9.17, 15) is 4.79 Å². The number of amides is 1. The maximum absolute atomic E-state index is 12.2. The molecule has 2 rings (SSSR count). The first-order chi connectivity index (χ1) is 10.1. The van der Waals surface area contributed by atoms with Crippen molar-refractivity contribution in [1.82, 2.24) is 0 Å². The van der Waals surface area contributed by atoms with Gasteiger partial charge in [0.2, 0.25) is 0 Å². The molecule has 0 bridgehead atoms. The Morgan fingerprint density at radius 1 is 1.19 bits per heavy atom. The summed E-state index contributed by atoms with van der Waals surface area (Å²) < 4.78 is 10.4. The van der Waals surface area contributed by atoms with Gasteiger partial charge in [-0.05, 0) is 12.1 Å². The molecule has 21 heavy (non-hydrogen) atoms. The third-order valence-corrected chi connectivity index (χ3v) is 3.90. The molecule has 1 aromatic carbocycles. The fourth-order valence-corrected chi connectivity index (χ4v) is 2.53. The average molecular weight is 295 g/mol. The van der Waals surface area contributed by atoms with Crippen molar-refractivity contribution in [3.8, 4) is 11.5 Å². The Morgan fingerprint density at radius 3 is 2.52 bits per heavy atom. The van der Waals surface area contributed by atoms with Crippen LogP contribution in [0.4, 0.5) is 5.69 Å². The lowest BCUT2D eigenvalue weighted by atomic mass is 10.2. The zero-order valence-electron chi connectivity index (χ0n) is 13.0. The summed E-state index contributed by atoms with van der Waals surface area (Å²) >= 11 is 0. The van der Waals surface area contributed by atoms with E-state index in [1.807, 2.05) is 6.07 Å². The van der Waals surface area contributed by atoms with Gasteiger partial charge in [0.1, 0.15) is 37.7 Å². The molecule has 0 saturated carbocycles. The number of likely N-dealkylation sites (N-methyl/N-ethyl adjacent to an activating group) is 1. The normalized spacial score (nSPS) is 21.7. The minimum absolute atomic E-state index is 0.0213. The van der Waals surface area contributed by atoms with Crippen molar-refractivity contribution in [1.29, 1.82) is 0 Å². The molecule has 3 N–H and O–H groups in total. The number of hydrogen-bond acceptors (Lipinski definition) is 3. The van der Waals surface area contributed by atoms with Crippen LogP contribution in [0.1, 0.15) is 0 Å². The number of rotatable bonds is 5. The van der Waals surface area contributed by atoms with Crippen LogP contribution in [-0.4, -0.2) is 59.9 Å². The molecule has 6 heteroatoms. The smallest absolute Gasteiger partial charge is 0.279 e. The monoisotopic (exact) mass is 295 g/mol. The highest BCUT2D eigenvalue weighted by molar-refractivity contribution is 5.93. The summed E-state index contributed by atoms with van der Waals surface area (Å²) in [6, 6.07) is 5.38. The molecule has 0 atom stereocenters. The van der Waals surface area contributed by atoms with Gasteiger partial charge < -0.3 is 24.6 Å². The lowest BCUT2D eigenvalue weighted by Gasteiger charge is -2.26. The summed E-state index contributed by atoms with van der Waals surface area (Å²) in [5.74, 6) is 1.34. The number of carbonyl (C=O) groups is 1. The summed E-state index contributed by atoms with van der Waals surface area (Å²) in [5, 5.41) is 2.92. The van der Waals surface area contributed by atoms with Gasteiger partial charge in [0.25, 0.3) is 5.91 Å². The van der Waals surface area contributed by atoms with E-state index in [1.54, 1.807) is 26.4 Å². The Balaban J connectivity index is 1.93. The third kappa shape index (κ3) is 4.34. The standard InChI is InChI=1S/C15H23N3O3/c1-17-6-8-18(9-7-17)11-15(19)16-13-5-4-12(20-2)10-14(13)21-3/h4-5,10H,6-9,11H2,1-3H3,(H,16,19)/p+2. The first kappa shape index (κ1) is 15.6. The van der Waals surface area contributed by atoms with E-state index in [-0.39, 0.29) is 5.91 Å². The number of quaternary nitrogens is 2. The fourth-order valence-electron chi connectivity index (χ4n) is 2.53. The molecule has 1 saturated heterocycles. The van der Waals surface area contributed by atoms with Gasteiger partial charge >= 0.3 is 0 Å². The summed E-state index contributed by atoms with van der Waals surface area (Å²) in [6.07, 6.45) is 0. The molecule has 1 aromatic rings. The Bertz CT molecular complexity index is 485. The molecule has 0 unspecified atom stereocenters. The second-order valence-corrected chi connectivity index (χ2v) is 5.50. The first-order valence-corrected chi connectivity index (χ1v) is 7.29. The summed E-state index contributed by atoms with van der Waals surface area (Å²) in [7, 11) is 5.38. The van der Waals surface area contributed by atoms with E-state index in [4.69, 9.17) is 9.47 Å². The van der Waals surface area contributed by atoms with Gasteiger partial charge in [-0.3, -0.25) is 4.79 Å². The molecule has 0 spiro atoms. The van der Waals surface area contributed by atoms with E-state index in [0.717, 1.165) is 26.2 Å². The zero-order valence-corrected chi connectivity index (χ0v) is 13.0. The number of methoxy groups -OCH3 is 2. The van der Waals surface area contributed by atoms with Crippen LogP contribution < -0.4 is 24.6 Å². The lowest BCUT2D eigenvalue weighted by Crippen LogP contribution is -3.27. The highest BCUT2D eigenvalue weighted by Crippen LogP contribution is 2.28. The van der Waals surface area contributed by atoms with Gasteiger partial charge in [0, 0.05) is 6.07 Å². The quantitative estimate of drug-likeness (QED) is 0.592. The van der Waals surface area contributed by atoms with Crippen LogP contribution in [0, 0.1) is 0 Å². The molecule has 0 radical (unpaired) electrons.